The van der Waals surface area contributed by atoms with E-state index in [9.17, 15) is 0 Å². The number of pyridine rings is 1. The predicted molar refractivity (Wildman–Crippen MR) is 72.6 cm³/mol. The van der Waals surface area contributed by atoms with Gasteiger partial charge in [-0.1, -0.05) is 0 Å². The molecule has 1 aromatic heterocycles. The highest BCUT2D eigenvalue weighted by molar-refractivity contribution is 7.28. The number of rotatable bonds is 3. The Balaban J connectivity index is 2.10. The van der Waals surface area contributed by atoms with Crippen LogP contribution in [0.5, 0.6) is 0 Å². The standard InChI is InChI=1S/C10H16ClN4OP/c11-7-2-4-15(6-9(7)14-17-16)10-1-3-13-5-8(10)12/h1,3,5,7,9,14,16-17H,2,4,6,12H2. The van der Waals surface area contributed by atoms with Crippen molar-refractivity contribution in [3.63, 3.8) is 0 Å². The van der Waals surface area contributed by atoms with Crippen molar-refractivity contribution in [2.45, 2.75) is 17.8 Å². The van der Waals surface area contributed by atoms with E-state index in [0.717, 1.165) is 25.2 Å². The minimum atomic E-state index is -0.285. The average Bonchev–Trinajstić information content (AvgIpc) is 2.33. The van der Waals surface area contributed by atoms with Crippen LogP contribution in [0.1, 0.15) is 6.42 Å². The summed E-state index contributed by atoms with van der Waals surface area (Å²) in [6.07, 6.45) is 4.25. The van der Waals surface area contributed by atoms with Crippen LogP contribution in [0.2, 0.25) is 0 Å². The summed E-state index contributed by atoms with van der Waals surface area (Å²) in [7, 11) is -0.285. The fourth-order valence-corrected chi connectivity index (χ4v) is 2.85. The number of anilines is 2. The Morgan fingerprint density at radius 3 is 3.18 bits per heavy atom. The number of nitrogen functional groups attached to an aromatic ring is 1. The molecule has 1 aliphatic heterocycles. The van der Waals surface area contributed by atoms with Crippen LogP contribution < -0.4 is 15.7 Å². The van der Waals surface area contributed by atoms with E-state index in [0.29, 0.717) is 5.69 Å². The molecule has 0 aliphatic carbocycles. The third kappa shape index (κ3) is 2.99. The Labute approximate surface area is 107 Å². The van der Waals surface area contributed by atoms with E-state index in [1.807, 2.05) is 6.07 Å². The second kappa shape index (κ2) is 5.83. The molecule has 1 aromatic rings. The summed E-state index contributed by atoms with van der Waals surface area (Å²) in [6, 6.07) is 1.99. The Hall–Kier alpha value is -0.610. The van der Waals surface area contributed by atoms with E-state index in [2.05, 4.69) is 15.0 Å². The molecule has 1 fully saturated rings. The highest BCUT2D eigenvalue weighted by atomic mass is 35.5. The topological polar surface area (TPSA) is 74.4 Å². The lowest BCUT2D eigenvalue weighted by atomic mass is 10.1. The molecule has 0 aromatic carbocycles. The van der Waals surface area contributed by atoms with Gasteiger partial charge in [-0.2, -0.15) is 0 Å². The van der Waals surface area contributed by atoms with Crippen LogP contribution >= 0.6 is 20.6 Å². The summed E-state index contributed by atoms with van der Waals surface area (Å²) in [5.41, 5.74) is 7.56. The van der Waals surface area contributed by atoms with Crippen molar-refractivity contribution in [3.05, 3.63) is 18.5 Å². The molecule has 0 radical (unpaired) electrons. The van der Waals surface area contributed by atoms with Crippen molar-refractivity contribution in [3.8, 4) is 0 Å². The van der Waals surface area contributed by atoms with Gasteiger partial charge in [-0.15, -0.1) is 11.6 Å². The van der Waals surface area contributed by atoms with E-state index in [1.165, 1.54) is 0 Å². The molecule has 2 rings (SSSR count). The minimum Gasteiger partial charge on any atom is -0.396 e. The van der Waals surface area contributed by atoms with Crippen LogP contribution in [0, 0.1) is 0 Å². The molecule has 1 aliphatic rings. The Kier molecular flexibility index (Phi) is 4.40. The van der Waals surface area contributed by atoms with Crippen LogP contribution in [0.15, 0.2) is 18.5 Å². The number of halogens is 1. The minimum absolute atomic E-state index is 0.0500. The normalized spacial score (nSPS) is 25.6. The first-order chi connectivity index (χ1) is 8.22. The first kappa shape index (κ1) is 12.8. The summed E-state index contributed by atoms with van der Waals surface area (Å²) >= 11 is 6.21. The van der Waals surface area contributed by atoms with Crippen molar-refractivity contribution >= 4 is 31.9 Å². The molecule has 0 saturated carbocycles. The Bertz CT molecular complexity index is 381. The van der Waals surface area contributed by atoms with Gasteiger partial charge in [-0.25, -0.2) is 0 Å². The Morgan fingerprint density at radius 2 is 2.47 bits per heavy atom. The van der Waals surface area contributed by atoms with Gasteiger partial charge < -0.3 is 15.5 Å². The van der Waals surface area contributed by atoms with Crippen molar-refractivity contribution in [2.75, 3.05) is 23.7 Å². The van der Waals surface area contributed by atoms with E-state index in [-0.39, 0.29) is 20.4 Å². The fraction of sp³-hybridized carbons (Fsp3) is 0.500. The molecular formula is C10H16ClN4OP. The molecule has 3 atom stereocenters. The van der Waals surface area contributed by atoms with Gasteiger partial charge >= 0.3 is 0 Å². The number of alkyl halides is 1. The quantitative estimate of drug-likeness (QED) is 0.565. The molecule has 4 N–H and O–H groups in total. The lowest BCUT2D eigenvalue weighted by molar-refractivity contribution is 0.478. The summed E-state index contributed by atoms with van der Waals surface area (Å²) < 4.78 is 0. The van der Waals surface area contributed by atoms with Gasteiger partial charge in [0, 0.05) is 25.3 Å². The second-order valence-electron chi connectivity index (χ2n) is 4.05. The van der Waals surface area contributed by atoms with Gasteiger partial charge in [0.05, 0.1) is 31.9 Å². The first-order valence-electron chi connectivity index (χ1n) is 5.45. The first-order valence-corrected chi connectivity index (χ1v) is 6.84. The van der Waals surface area contributed by atoms with E-state index < -0.39 is 0 Å². The third-order valence-electron chi connectivity index (χ3n) is 2.95. The lowest BCUT2D eigenvalue weighted by Crippen LogP contribution is -2.49. The number of aromatic nitrogens is 1. The van der Waals surface area contributed by atoms with Crippen LogP contribution in [-0.4, -0.2) is 34.4 Å². The van der Waals surface area contributed by atoms with Crippen LogP contribution in [0.25, 0.3) is 0 Å². The maximum absolute atomic E-state index is 8.95. The molecule has 0 spiro atoms. The van der Waals surface area contributed by atoms with Gasteiger partial charge in [0.15, 0.2) is 0 Å². The highest BCUT2D eigenvalue weighted by Gasteiger charge is 2.28. The number of hydrogen-bond acceptors (Lipinski definition) is 5. The Morgan fingerprint density at radius 1 is 1.65 bits per heavy atom. The third-order valence-corrected chi connectivity index (χ3v) is 3.97. The van der Waals surface area contributed by atoms with E-state index in [4.69, 9.17) is 22.2 Å². The average molecular weight is 275 g/mol. The summed E-state index contributed by atoms with van der Waals surface area (Å²) in [4.78, 5) is 15.1. The number of nitrogens with two attached hydrogens (primary N) is 1. The molecule has 2 heterocycles. The zero-order valence-electron chi connectivity index (χ0n) is 9.31. The molecule has 7 heteroatoms. The number of piperidine rings is 1. The van der Waals surface area contributed by atoms with Crippen LogP contribution in [0.4, 0.5) is 11.4 Å². The SMILES string of the molecule is Nc1cnccc1N1CCC(Cl)C(NPO)C1. The number of hydrogen-bond donors (Lipinski definition) is 3. The molecule has 1 saturated heterocycles. The molecule has 17 heavy (non-hydrogen) atoms. The molecule has 94 valence electrons. The zero-order valence-corrected chi connectivity index (χ0v) is 11.1. The summed E-state index contributed by atoms with van der Waals surface area (Å²) in [5.74, 6) is 0. The van der Waals surface area contributed by atoms with Gasteiger partial charge in [-0.3, -0.25) is 10.1 Å². The van der Waals surface area contributed by atoms with Crippen LogP contribution in [-0.2, 0) is 0 Å². The zero-order chi connectivity index (χ0) is 12.3. The number of nitrogens with zero attached hydrogens (tertiary/aromatic N) is 2. The molecular weight excluding hydrogens is 259 g/mol. The highest BCUT2D eigenvalue weighted by Crippen LogP contribution is 2.27. The lowest BCUT2D eigenvalue weighted by Gasteiger charge is -2.37. The monoisotopic (exact) mass is 274 g/mol. The van der Waals surface area contributed by atoms with Gasteiger partial charge in [0.2, 0.25) is 0 Å². The molecule has 5 nitrogen and oxygen atoms in total. The maximum Gasteiger partial charge on any atom is 0.0828 e. The fourth-order valence-electron chi connectivity index (χ4n) is 2.05. The van der Waals surface area contributed by atoms with Crippen molar-refractivity contribution < 1.29 is 4.89 Å². The van der Waals surface area contributed by atoms with E-state index in [1.54, 1.807) is 12.4 Å². The van der Waals surface area contributed by atoms with Crippen molar-refractivity contribution in [1.82, 2.24) is 10.1 Å². The van der Waals surface area contributed by atoms with Crippen molar-refractivity contribution in [1.29, 1.82) is 0 Å². The molecule has 0 amide bonds. The van der Waals surface area contributed by atoms with Gasteiger partial charge in [0.1, 0.15) is 0 Å². The largest absolute Gasteiger partial charge is 0.396 e. The molecule has 3 unspecified atom stereocenters. The van der Waals surface area contributed by atoms with E-state index >= 15 is 0 Å². The predicted octanol–water partition coefficient (Wildman–Crippen LogP) is 0.940. The van der Waals surface area contributed by atoms with Crippen LogP contribution in [0.3, 0.4) is 0 Å². The van der Waals surface area contributed by atoms with Gasteiger partial charge in [0.25, 0.3) is 0 Å². The van der Waals surface area contributed by atoms with Crippen molar-refractivity contribution in [2.24, 2.45) is 0 Å². The second-order valence-corrected chi connectivity index (χ2v) is 5.12. The maximum atomic E-state index is 8.95. The number of nitrogens with one attached hydrogen (secondary N) is 1. The smallest absolute Gasteiger partial charge is 0.0828 e. The summed E-state index contributed by atoms with van der Waals surface area (Å²) in [6.45, 7) is 1.62. The van der Waals surface area contributed by atoms with Gasteiger partial charge in [-0.05, 0) is 12.5 Å². The molecule has 0 bridgehead atoms. The summed E-state index contributed by atoms with van der Waals surface area (Å²) in [5, 5.41) is 3.06.